The molecule has 3 nitrogen and oxygen atoms in total. The standard InChI is InChI=1S/C17H18O3/c1-19-17(13-7-3-4-8-14(13)18)16-11-10-12-6-2-5-9-15(12)20-16/h2-9,16-18H,10-11H2,1H3. The molecule has 0 aromatic heterocycles. The number of phenolic OH excluding ortho intramolecular Hbond substituents is 1. The molecular weight excluding hydrogens is 252 g/mol. The Morgan fingerprint density at radius 3 is 2.70 bits per heavy atom. The molecular formula is C17H18O3. The van der Waals surface area contributed by atoms with Crippen molar-refractivity contribution in [2.75, 3.05) is 7.11 Å². The van der Waals surface area contributed by atoms with Crippen molar-refractivity contribution in [3.05, 3.63) is 59.7 Å². The molecule has 2 aromatic rings. The number of aryl methyl sites for hydroxylation is 1. The average Bonchev–Trinajstić information content (AvgIpc) is 2.50. The molecule has 2 atom stereocenters. The van der Waals surface area contributed by atoms with Crippen molar-refractivity contribution in [3.8, 4) is 11.5 Å². The van der Waals surface area contributed by atoms with E-state index in [0.717, 1.165) is 24.2 Å². The predicted molar refractivity (Wildman–Crippen MR) is 77.0 cm³/mol. The van der Waals surface area contributed by atoms with Gasteiger partial charge in [-0.2, -0.15) is 0 Å². The molecule has 1 aliphatic rings. The minimum Gasteiger partial charge on any atom is -0.508 e. The van der Waals surface area contributed by atoms with Gasteiger partial charge in [0, 0.05) is 12.7 Å². The Morgan fingerprint density at radius 1 is 1.15 bits per heavy atom. The van der Waals surface area contributed by atoms with E-state index in [2.05, 4.69) is 6.07 Å². The van der Waals surface area contributed by atoms with E-state index in [9.17, 15) is 5.11 Å². The molecule has 0 fully saturated rings. The van der Waals surface area contributed by atoms with Crippen LogP contribution in [0.5, 0.6) is 11.5 Å². The van der Waals surface area contributed by atoms with Crippen LogP contribution in [-0.4, -0.2) is 18.3 Å². The van der Waals surface area contributed by atoms with Gasteiger partial charge in [-0.3, -0.25) is 0 Å². The monoisotopic (exact) mass is 270 g/mol. The van der Waals surface area contributed by atoms with Crippen molar-refractivity contribution in [2.45, 2.75) is 25.0 Å². The summed E-state index contributed by atoms with van der Waals surface area (Å²) >= 11 is 0. The molecule has 104 valence electrons. The third-order valence-electron chi connectivity index (χ3n) is 3.78. The summed E-state index contributed by atoms with van der Waals surface area (Å²) in [6.07, 6.45) is 1.51. The predicted octanol–water partition coefficient (Wildman–Crippen LogP) is 3.47. The number of methoxy groups -OCH3 is 1. The molecule has 1 heterocycles. The third kappa shape index (κ3) is 2.37. The quantitative estimate of drug-likeness (QED) is 0.928. The van der Waals surface area contributed by atoms with Crippen molar-refractivity contribution in [1.29, 1.82) is 0 Å². The number of hydrogen-bond donors (Lipinski definition) is 1. The van der Waals surface area contributed by atoms with Crippen LogP contribution in [0.4, 0.5) is 0 Å². The molecule has 0 saturated carbocycles. The molecule has 3 heteroatoms. The molecule has 2 aromatic carbocycles. The second-order valence-electron chi connectivity index (χ2n) is 5.02. The number of phenols is 1. The zero-order valence-corrected chi connectivity index (χ0v) is 11.5. The highest BCUT2D eigenvalue weighted by atomic mass is 16.5. The van der Waals surface area contributed by atoms with Gasteiger partial charge in [-0.1, -0.05) is 36.4 Å². The van der Waals surface area contributed by atoms with Gasteiger partial charge >= 0.3 is 0 Å². The van der Waals surface area contributed by atoms with Gasteiger partial charge in [-0.05, 0) is 30.5 Å². The van der Waals surface area contributed by atoms with E-state index in [-0.39, 0.29) is 18.0 Å². The first-order valence-corrected chi connectivity index (χ1v) is 6.85. The molecule has 20 heavy (non-hydrogen) atoms. The fourth-order valence-corrected chi connectivity index (χ4v) is 2.77. The van der Waals surface area contributed by atoms with Crippen LogP contribution in [0.1, 0.15) is 23.7 Å². The van der Waals surface area contributed by atoms with E-state index >= 15 is 0 Å². The molecule has 0 aliphatic carbocycles. The van der Waals surface area contributed by atoms with E-state index in [4.69, 9.17) is 9.47 Å². The number of aromatic hydroxyl groups is 1. The Morgan fingerprint density at radius 2 is 1.90 bits per heavy atom. The second kappa shape index (κ2) is 5.55. The number of rotatable bonds is 3. The summed E-state index contributed by atoms with van der Waals surface area (Å²) in [5, 5.41) is 10.0. The lowest BCUT2D eigenvalue weighted by molar-refractivity contribution is -0.0102. The normalized spacial score (nSPS) is 18.9. The number of ether oxygens (including phenoxy) is 2. The topological polar surface area (TPSA) is 38.7 Å². The van der Waals surface area contributed by atoms with Gasteiger partial charge in [-0.15, -0.1) is 0 Å². The second-order valence-corrected chi connectivity index (χ2v) is 5.02. The molecule has 0 amide bonds. The van der Waals surface area contributed by atoms with Crippen molar-refractivity contribution in [2.24, 2.45) is 0 Å². The zero-order chi connectivity index (χ0) is 13.9. The van der Waals surface area contributed by atoms with Gasteiger partial charge in [0.2, 0.25) is 0 Å². The molecule has 0 bridgehead atoms. The maximum absolute atomic E-state index is 10.0. The minimum absolute atomic E-state index is 0.0804. The van der Waals surface area contributed by atoms with E-state index in [1.165, 1.54) is 5.56 Å². The van der Waals surface area contributed by atoms with Crippen molar-refractivity contribution in [1.82, 2.24) is 0 Å². The highest BCUT2D eigenvalue weighted by Gasteiger charge is 2.30. The van der Waals surface area contributed by atoms with Gasteiger partial charge in [-0.25, -0.2) is 0 Å². The lowest BCUT2D eigenvalue weighted by Gasteiger charge is -2.31. The van der Waals surface area contributed by atoms with Crippen LogP contribution in [0.15, 0.2) is 48.5 Å². The third-order valence-corrected chi connectivity index (χ3v) is 3.78. The van der Waals surface area contributed by atoms with Gasteiger partial charge in [0.15, 0.2) is 0 Å². The van der Waals surface area contributed by atoms with Crippen LogP contribution in [0, 0.1) is 0 Å². The molecule has 0 radical (unpaired) electrons. The van der Waals surface area contributed by atoms with Crippen LogP contribution in [0.2, 0.25) is 0 Å². The van der Waals surface area contributed by atoms with E-state index in [0.29, 0.717) is 0 Å². The first kappa shape index (κ1) is 13.0. The first-order chi connectivity index (χ1) is 9.79. The van der Waals surface area contributed by atoms with Crippen molar-refractivity contribution < 1.29 is 14.6 Å². The summed E-state index contributed by atoms with van der Waals surface area (Å²) in [5.74, 6) is 1.17. The average molecular weight is 270 g/mol. The highest BCUT2D eigenvalue weighted by molar-refractivity contribution is 5.38. The summed E-state index contributed by atoms with van der Waals surface area (Å²) in [4.78, 5) is 0. The number of hydrogen-bond acceptors (Lipinski definition) is 3. The van der Waals surface area contributed by atoms with Gasteiger partial charge < -0.3 is 14.6 Å². The maximum Gasteiger partial charge on any atom is 0.129 e. The first-order valence-electron chi connectivity index (χ1n) is 6.85. The van der Waals surface area contributed by atoms with E-state index in [1.807, 2.05) is 36.4 Å². The van der Waals surface area contributed by atoms with E-state index in [1.54, 1.807) is 13.2 Å². The summed E-state index contributed by atoms with van der Waals surface area (Å²) in [7, 11) is 1.65. The van der Waals surface area contributed by atoms with Crippen molar-refractivity contribution in [3.63, 3.8) is 0 Å². The summed E-state index contributed by atoms with van der Waals surface area (Å²) < 4.78 is 11.6. The summed E-state index contributed by atoms with van der Waals surface area (Å²) in [6, 6.07) is 15.3. The smallest absolute Gasteiger partial charge is 0.129 e. The number of para-hydroxylation sites is 2. The lowest BCUT2D eigenvalue weighted by atomic mass is 9.95. The molecule has 1 N–H and O–H groups in total. The fraction of sp³-hybridized carbons (Fsp3) is 0.294. The Labute approximate surface area is 118 Å². The van der Waals surface area contributed by atoms with Gasteiger partial charge in [0.25, 0.3) is 0 Å². The number of benzene rings is 2. The zero-order valence-electron chi connectivity index (χ0n) is 11.5. The van der Waals surface area contributed by atoms with Crippen LogP contribution in [0.25, 0.3) is 0 Å². The van der Waals surface area contributed by atoms with Crippen LogP contribution < -0.4 is 4.74 Å². The van der Waals surface area contributed by atoms with Crippen molar-refractivity contribution >= 4 is 0 Å². The largest absolute Gasteiger partial charge is 0.508 e. The van der Waals surface area contributed by atoms with Crippen LogP contribution >= 0.6 is 0 Å². The molecule has 1 aliphatic heterocycles. The lowest BCUT2D eigenvalue weighted by Crippen LogP contribution is -2.30. The van der Waals surface area contributed by atoms with E-state index < -0.39 is 0 Å². The Balaban J connectivity index is 1.87. The fourth-order valence-electron chi connectivity index (χ4n) is 2.77. The Bertz CT molecular complexity index is 594. The summed E-state index contributed by atoms with van der Waals surface area (Å²) in [5.41, 5.74) is 2.01. The summed E-state index contributed by atoms with van der Waals surface area (Å²) in [6.45, 7) is 0. The maximum atomic E-state index is 10.0. The minimum atomic E-state index is -0.260. The molecule has 0 saturated heterocycles. The molecule has 0 spiro atoms. The Kier molecular flexibility index (Phi) is 3.61. The van der Waals surface area contributed by atoms with Gasteiger partial charge in [0.1, 0.15) is 23.7 Å². The van der Waals surface area contributed by atoms with Crippen LogP contribution in [-0.2, 0) is 11.2 Å². The SMILES string of the molecule is COC(c1ccccc1O)C1CCc2ccccc2O1. The number of fused-ring (bicyclic) bond motifs is 1. The van der Waals surface area contributed by atoms with Crippen LogP contribution in [0.3, 0.4) is 0 Å². The molecule has 2 unspecified atom stereocenters. The Hall–Kier alpha value is -2.00. The highest BCUT2D eigenvalue weighted by Crippen LogP contribution is 2.36. The van der Waals surface area contributed by atoms with Gasteiger partial charge in [0.05, 0.1) is 0 Å². The molecule has 3 rings (SSSR count).